The highest BCUT2D eigenvalue weighted by molar-refractivity contribution is 5.95. The van der Waals surface area contributed by atoms with Gasteiger partial charge in [0.25, 0.3) is 0 Å². The van der Waals surface area contributed by atoms with Crippen molar-refractivity contribution in [1.82, 2.24) is 0 Å². The van der Waals surface area contributed by atoms with Crippen LogP contribution in [0.4, 0.5) is 0 Å². The van der Waals surface area contributed by atoms with Crippen molar-refractivity contribution in [2.75, 3.05) is 33.5 Å². The minimum absolute atomic E-state index is 0.00622. The van der Waals surface area contributed by atoms with Gasteiger partial charge in [0.15, 0.2) is 18.1 Å². The van der Waals surface area contributed by atoms with Gasteiger partial charge in [0.05, 0.1) is 31.7 Å². The first-order valence-corrected chi connectivity index (χ1v) is 22.6. The van der Waals surface area contributed by atoms with E-state index >= 15 is 0 Å². The monoisotopic (exact) mass is 850 g/mol. The summed E-state index contributed by atoms with van der Waals surface area (Å²) in [4.78, 5) is 56.9. The van der Waals surface area contributed by atoms with Crippen LogP contribution in [0.2, 0.25) is 0 Å². The molecular formula is C49H70O12. The van der Waals surface area contributed by atoms with Crippen LogP contribution in [0.15, 0.2) is 53.5 Å². The number of allylic oxidation sites excluding steroid dienone is 3. The highest BCUT2D eigenvalue weighted by Gasteiger charge is 2.66. The van der Waals surface area contributed by atoms with Crippen molar-refractivity contribution >= 4 is 23.7 Å². The fourth-order valence-electron chi connectivity index (χ4n) is 11.5. The zero-order valence-corrected chi connectivity index (χ0v) is 37.8. The summed E-state index contributed by atoms with van der Waals surface area (Å²) in [6.07, 6.45) is 8.92. The van der Waals surface area contributed by atoms with Crippen LogP contribution in [0.5, 0.6) is 0 Å². The van der Waals surface area contributed by atoms with E-state index in [1.807, 2.05) is 57.2 Å². The van der Waals surface area contributed by atoms with Crippen molar-refractivity contribution in [2.24, 2.45) is 44.8 Å². The molecule has 338 valence electrons. The van der Waals surface area contributed by atoms with Crippen molar-refractivity contribution in [3.05, 3.63) is 59.1 Å². The number of carbonyl (C=O) groups excluding carboxylic acids is 4. The van der Waals surface area contributed by atoms with Crippen molar-refractivity contribution in [3.63, 3.8) is 0 Å². The summed E-state index contributed by atoms with van der Waals surface area (Å²) < 4.78 is 39.4. The zero-order valence-electron chi connectivity index (χ0n) is 37.8. The average Bonchev–Trinajstić information content (AvgIpc) is 3.57. The second-order valence-electron chi connectivity index (χ2n) is 19.7. The van der Waals surface area contributed by atoms with E-state index < -0.39 is 40.8 Å². The molecule has 12 heteroatoms. The molecule has 1 aromatic carbocycles. The smallest absolute Gasteiger partial charge is 0.358 e. The Morgan fingerprint density at radius 2 is 1.67 bits per heavy atom. The van der Waals surface area contributed by atoms with Crippen molar-refractivity contribution in [1.29, 1.82) is 0 Å². The lowest BCUT2D eigenvalue weighted by molar-refractivity contribution is -0.199. The molecule has 0 radical (unpaired) electrons. The van der Waals surface area contributed by atoms with Crippen LogP contribution in [-0.4, -0.2) is 74.9 Å². The predicted octanol–water partition coefficient (Wildman–Crippen LogP) is 8.53. The molecule has 0 saturated heterocycles. The summed E-state index contributed by atoms with van der Waals surface area (Å²) in [5.74, 6) is -1.35. The Labute approximate surface area is 362 Å². The molecule has 1 aliphatic heterocycles. The minimum atomic E-state index is -1.48. The maximum Gasteiger partial charge on any atom is 0.358 e. The summed E-state index contributed by atoms with van der Waals surface area (Å²) in [7, 11) is 1.58. The predicted molar refractivity (Wildman–Crippen MR) is 226 cm³/mol. The van der Waals surface area contributed by atoms with E-state index in [4.69, 9.17) is 33.2 Å². The molecule has 3 fully saturated rings. The lowest BCUT2D eigenvalue weighted by atomic mass is 9.38. The maximum absolute atomic E-state index is 14.8. The Morgan fingerprint density at radius 3 is 2.36 bits per heavy atom. The molecule has 0 amide bonds. The van der Waals surface area contributed by atoms with Crippen LogP contribution in [-0.2, 0) is 58.9 Å². The molecule has 0 bridgehead atoms. The number of unbranched alkanes of at least 4 members (excludes halogenated alkanes) is 1. The lowest BCUT2D eigenvalue weighted by Gasteiger charge is -2.65. The molecular weight excluding hydrogens is 781 g/mol. The number of esters is 3. The number of hydrogen-bond donors (Lipinski definition) is 1. The molecule has 6 rings (SSSR count). The minimum Gasteiger partial charge on any atom is -0.461 e. The van der Waals surface area contributed by atoms with E-state index in [9.17, 15) is 24.3 Å². The van der Waals surface area contributed by atoms with Crippen LogP contribution < -0.4 is 0 Å². The first-order chi connectivity index (χ1) is 28.9. The van der Waals surface area contributed by atoms with Crippen LogP contribution >= 0.6 is 0 Å². The number of ketones is 1. The summed E-state index contributed by atoms with van der Waals surface area (Å²) in [5, 5.41) is 9.90. The molecule has 61 heavy (non-hydrogen) atoms. The Bertz CT molecular complexity index is 1820. The summed E-state index contributed by atoms with van der Waals surface area (Å²) in [5.41, 5.74) is -0.658. The number of benzene rings is 1. The van der Waals surface area contributed by atoms with Crippen molar-refractivity contribution < 1.29 is 57.4 Å². The molecule has 1 unspecified atom stereocenters. The summed E-state index contributed by atoms with van der Waals surface area (Å²) in [6.45, 7) is 13.8. The molecule has 10 atom stereocenters. The first-order valence-electron chi connectivity index (χ1n) is 22.6. The van der Waals surface area contributed by atoms with E-state index in [2.05, 4.69) is 20.8 Å². The van der Waals surface area contributed by atoms with Gasteiger partial charge in [0.1, 0.15) is 23.9 Å². The van der Waals surface area contributed by atoms with E-state index in [0.29, 0.717) is 57.5 Å². The third-order valence-corrected chi connectivity index (χ3v) is 16.0. The molecule has 4 aliphatic carbocycles. The van der Waals surface area contributed by atoms with Crippen LogP contribution in [0.25, 0.3) is 0 Å². The van der Waals surface area contributed by atoms with Crippen LogP contribution in [0.3, 0.4) is 0 Å². The number of rotatable bonds is 18. The third kappa shape index (κ3) is 9.33. The van der Waals surface area contributed by atoms with Gasteiger partial charge < -0.3 is 38.3 Å². The quantitative estimate of drug-likeness (QED) is 0.0856. The number of aliphatic hydroxyl groups is 1. The van der Waals surface area contributed by atoms with Crippen molar-refractivity contribution in [2.45, 2.75) is 145 Å². The molecule has 0 aromatic heterocycles. The Kier molecular flexibility index (Phi) is 14.5. The molecule has 3 saturated carbocycles. The van der Waals surface area contributed by atoms with Crippen LogP contribution in [0, 0.1) is 44.8 Å². The number of aliphatic hydroxyl groups excluding tert-OH is 1. The second kappa shape index (κ2) is 18.9. The lowest BCUT2D eigenvalue weighted by Crippen LogP contribution is -2.61. The molecule has 12 nitrogen and oxygen atoms in total. The average molecular weight is 851 g/mol. The van der Waals surface area contributed by atoms with E-state index in [-0.39, 0.29) is 72.3 Å². The van der Waals surface area contributed by atoms with E-state index in [1.54, 1.807) is 14.0 Å². The van der Waals surface area contributed by atoms with Gasteiger partial charge in [-0.25, -0.2) is 0 Å². The van der Waals surface area contributed by atoms with Gasteiger partial charge in [-0.1, -0.05) is 76.4 Å². The maximum atomic E-state index is 14.8. The molecule has 1 aromatic rings. The number of fused-ring (bicyclic) bond motifs is 5. The normalized spacial score (nSPS) is 33.4. The Balaban J connectivity index is 1.28. The number of ether oxygens (including phenoxy) is 7. The van der Waals surface area contributed by atoms with Gasteiger partial charge >= 0.3 is 24.4 Å². The standard InChI is InChI=1S/C49H70O12/c1-9-10-16-40(61-41(51)18-24-56-26-25-55-8)49(7,43(53)58-31-39-32(2)59-44(54)60-39)34-17-19-47(5)36(27-34)38(50)28-35-37-29-46(4,21-20-45(37,3)22-23-48(35,47)6)42(52)57-30-33-14-12-11-13-15-33/h11-15,28,34,36-37,40,44,54H,9-10,16-27,29-31H2,1-8H3/t34-,36+,37+,40+,44?,45-,46+,47-,48-,49+/m1/s1. The van der Waals surface area contributed by atoms with Gasteiger partial charge in [0.2, 0.25) is 0 Å². The summed E-state index contributed by atoms with van der Waals surface area (Å²) >= 11 is 0. The Hall–Kier alpha value is -3.74. The number of hydrogen-bond acceptors (Lipinski definition) is 12. The Morgan fingerprint density at radius 1 is 0.934 bits per heavy atom. The topological polar surface area (TPSA) is 153 Å². The number of methoxy groups -OCH3 is 1. The largest absolute Gasteiger partial charge is 0.461 e. The van der Waals surface area contributed by atoms with E-state index in [0.717, 1.165) is 37.7 Å². The third-order valence-electron chi connectivity index (χ3n) is 16.0. The number of carbonyl (C=O) groups is 4. The second-order valence-corrected chi connectivity index (χ2v) is 19.7. The fourth-order valence-corrected chi connectivity index (χ4v) is 11.5. The molecule has 5 aliphatic rings. The molecule has 1 heterocycles. The molecule has 0 spiro atoms. The van der Waals surface area contributed by atoms with E-state index in [1.165, 1.54) is 5.57 Å². The van der Waals surface area contributed by atoms with Crippen LogP contribution in [0.1, 0.15) is 131 Å². The van der Waals surface area contributed by atoms with Gasteiger partial charge in [0, 0.05) is 13.0 Å². The van der Waals surface area contributed by atoms with Gasteiger partial charge in [-0.15, -0.1) is 0 Å². The first kappa shape index (κ1) is 46.8. The molecule has 1 N–H and O–H groups in total. The van der Waals surface area contributed by atoms with Gasteiger partial charge in [-0.3, -0.25) is 19.2 Å². The summed E-state index contributed by atoms with van der Waals surface area (Å²) in [6, 6.07) is 9.75. The van der Waals surface area contributed by atoms with Crippen molar-refractivity contribution in [3.8, 4) is 0 Å². The zero-order chi connectivity index (χ0) is 44.2. The highest BCUT2D eigenvalue weighted by atomic mass is 16.8. The van der Waals surface area contributed by atoms with Gasteiger partial charge in [-0.2, -0.15) is 0 Å². The van der Waals surface area contributed by atoms with Gasteiger partial charge in [-0.05, 0) is 118 Å². The highest BCUT2D eigenvalue weighted by Crippen LogP contribution is 2.71. The fraction of sp³-hybridized carbons (Fsp3) is 0.714. The SMILES string of the molecule is CCCC[C@H](OC(=O)CCOCCOC)[C@@](C)(C(=O)OCC1=C(C)OC(O)O1)[C@@H]1CC[C@]2(C)[C@@H](C1)C(=O)C=C1[C@@H]3C[C@@](C)(C(=O)OCc4ccccc4)CC[C@]3(C)CC[C@]12C.